The Hall–Kier alpha value is -1.62. The number of likely N-dealkylation sites (tertiary alicyclic amines) is 1. The van der Waals surface area contributed by atoms with Gasteiger partial charge in [-0.15, -0.1) is 8.78 Å². The van der Waals surface area contributed by atoms with Crippen LogP contribution in [0, 0.1) is 0 Å². The highest BCUT2D eigenvalue weighted by atomic mass is 19.3. The average molecular weight is 307 g/mol. The van der Waals surface area contributed by atoms with Gasteiger partial charge in [0.25, 0.3) is 0 Å². The minimum absolute atomic E-state index is 0.00940. The second-order valence-corrected chi connectivity index (χ2v) is 6.67. The van der Waals surface area contributed by atoms with Crippen molar-refractivity contribution in [3.05, 3.63) is 35.4 Å². The van der Waals surface area contributed by atoms with Crippen molar-refractivity contribution in [1.29, 1.82) is 0 Å². The summed E-state index contributed by atoms with van der Waals surface area (Å²) in [6, 6.07) is 5.60. The van der Waals surface area contributed by atoms with Gasteiger partial charge in [-0.25, -0.2) is 0 Å². The van der Waals surface area contributed by atoms with Gasteiger partial charge in [-0.2, -0.15) is 0 Å². The van der Waals surface area contributed by atoms with E-state index in [-0.39, 0.29) is 16.9 Å². The summed E-state index contributed by atoms with van der Waals surface area (Å²) in [5.74, 6) is 0.270. The Morgan fingerprint density at radius 2 is 1.95 bits per heavy atom. The highest BCUT2D eigenvalue weighted by Gasteiger charge is 2.49. The van der Waals surface area contributed by atoms with Crippen molar-refractivity contribution in [2.75, 3.05) is 13.6 Å². The summed E-state index contributed by atoms with van der Waals surface area (Å²) < 4.78 is 35.6. The first-order chi connectivity index (χ1) is 10.4. The summed E-state index contributed by atoms with van der Waals surface area (Å²) in [5, 5.41) is 0. The quantitative estimate of drug-likeness (QED) is 0.739. The first kappa shape index (κ1) is 14.0. The molecule has 4 rings (SSSR count). The Labute approximate surface area is 128 Å². The van der Waals surface area contributed by atoms with Crippen molar-refractivity contribution < 1.29 is 18.3 Å². The minimum Gasteiger partial charge on any atom is -0.395 e. The maximum absolute atomic E-state index is 13.2. The van der Waals surface area contributed by atoms with Gasteiger partial charge in [0.1, 0.15) is 0 Å². The molecule has 22 heavy (non-hydrogen) atoms. The van der Waals surface area contributed by atoms with Gasteiger partial charge in [0.05, 0.1) is 0 Å². The lowest BCUT2D eigenvalue weighted by molar-refractivity contribution is -0.286. The van der Waals surface area contributed by atoms with E-state index in [9.17, 15) is 8.78 Å². The molecule has 1 saturated heterocycles. The van der Waals surface area contributed by atoms with E-state index < -0.39 is 6.29 Å². The summed E-state index contributed by atoms with van der Waals surface area (Å²) in [7, 11) is 2.13. The van der Waals surface area contributed by atoms with Gasteiger partial charge < -0.3 is 9.47 Å². The molecule has 0 unspecified atom stereocenters. The number of alkyl halides is 2. The third kappa shape index (κ3) is 1.95. The van der Waals surface area contributed by atoms with Crippen LogP contribution in [0.4, 0.5) is 8.78 Å². The molecule has 118 valence electrons. The van der Waals surface area contributed by atoms with E-state index in [2.05, 4.69) is 34.4 Å². The molecule has 1 aromatic carbocycles. The average Bonchev–Trinajstić information content (AvgIpc) is 2.95. The number of hydrogen-bond acceptors (Lipinski definition) is 3. The molecule has 3 nitrogen and oxygen atoms in total. The fourth-order valence-corrected chi connectivity index (χ4v) is 4.14. The van der Waals surface area contributed by atoms with Crippen molar-refractivity contribution in [3.63, 3.8) is 0 Å². The van der Waals surface area contributed by atoms with Crippen molar-refractivity contribution in [2.24, 2.45) is 0 Å². The van der Waals surface area contributed by atoms with Crippen LogP contribution in [0.3, 0.4) is 0 Å². The maximum atomic E-state index is 13.2. The summed E-state index contributed by atoms with van der Waals surface area (Å²) in [5.41, 5.74) is 2.47. The maximum Gasteiger partial charge on any atom is 0.586 e. The number of fused-ring (bicyclic) bond motifs is 2. The molecule has 0 N–H and O–H groups in total. The zero-order chi connectivity index (χ0) is 15.5. The Kier molecular flexibility index (Phi) is 2.83. The van der Waals surface area contributed by atoms with E-state index in [1.54, 1.807) is 12.1 Å². The van der Waals surface area contributed by atoms with Gasteiger partial charge in [-0.1, -0.05) is 17.7 Å². The van der Waals surface area contributed by atoms with E-state index in [1.165, 1.54) is 5.57 Å². The Morgan fingerprint density at radius 1 is 1.18 bits per heavy atom. The van der Waals surface area contributed by atoms with Crippen LogP contribution < -0.4 is 9.47 Å². The minimum atomic E-state index is -3.55. The molecule has 0 spiro atoms. The molecule has 0 bridgehead atoms. The van der Waals surface area contributed by atoms with Crippen LogP contribution in [-0.4, -0.2) is 30.8 Å². The van der Waals surface area contributed by atoms with Crippen LogP contribution in [-0.2, 0) is 5.41 Å². The lowest BCUT2D eigenvalue weighted by Gasteiger charge is -2.40. The Bertz CT molecular complexity index is 658. The van der Waals surface area contributed by atoms with Crippen LogP contribution in [0.1, 0.15) is 31.7 Å². The summed E-state index contributed by atoms with van der Waals surface area (Å²) >= 11 is 0. The van der Waals surface area contributed by atoms with Gasteiger partial charge in [0, 0.05) is 11.5 Å². The number of hydrogen-bond donors (Lipinski definition) is 0. The molecule has 5 heteroatoms. The number of benzene rings is 1. The molecule has 1 fully saturated rings. The van der Waals surface area contributed by atoms with Crippen molar-refractivity contribution >= 4 is 0 Å². The molecule has 0 radical (unpaired) electrons. The molecule has 0 amide bonds. The van der Waals surface area contributed by atoms with Crippen molar-refractivity contribution in [3.8, 4) is 11.5 Å². The van der Waals surface area contributed by atoms with Crippen LogP contribution in [0.15, 0.2) is 29.8 Å². The second kappa shape index (κ2) is 4.44. The zero-order valence-corrected chi connectivity index (χ0v) is 12.7. The zero-order valence-electron chi connectivity index (χ0n) is 12.7. The lowest BCUT2D eigenvalue weighted by atomic mass is 9.67. The van der Waals surface area contributed by atoms with Crippen LogP contribution >= 0.6 is 0 Å². The number of rotatable bonds is 1. The predicted octanol–water partition coefficient (Wildman–Crippen LogP) is 3.69. The van der Waals surface area contributed by atoms with Crippen LogP contribution in [0.5, 0.6) is 11.5 Å². The monoisotopic (exact) mass is 307 g/mol. The van der Waals surface area contributed by atoms with Crippen molar-refractivity contribution in [2.45, 2.75) is 43.9 Å². The molecule has 0 aromatic heterocycles. The number of nitrogens with zero attached hydrogens (tertiary/aromatic N) is 1. The number of likely N-dealkylation sites (N-methyl/N-ethyl adjacent to an activating group) is 1. The summed E-state index contributed by atoms with van der Waals surface area (Å²) in [6.45, 7) is 3.18. The molecular formula is C17H19F2NO2. The van der Waals surface area contributed by atoms with E-state index >= 15 is 0 Å². The van der Waals surface area contributed by atoms with E-state index in [1.807, 2.05) is 6.07 Å². The first-order valence-electron chi connectivity index (χ1n) is 7.68. The third-order valence-electron chi connectivity index (χ3n) is 5.34. The number of halogens is 2. The van der Waals surface area contributed by atoms with Gasteiger partial charge in [0.2, 0.25) is 0 Å². The normalized spacial score (nSPS) is 32.7. The number of ether oxygens (including phenoxy) is 2. The predicted molar refractivity (Wildman–Crippen MR) is 78.3 cm³/mol. The summed E-state index contributed by atoms with van der Waals surface area (Å²) in [6.07, 6.45) is 1.91. The molecule has 2 heterocycles. The fourth-order valence-electron chi connectivity index (χ4n) is 4.14. The van der Waals surface area contributed by atoms with Gasteiger partial charge in [-0.3, -0.25) is 4.90 Å². The van der Waals surface area contributed by atoms with Crippen molar-refractivity contribution in [1.82, 2.24) is 4.90 Å². The van der Waals surface area contributed by atoms with E-state index in [0.29, 0.717) is 6.04 Å². The van der Waals surface area contributed by atoms with Crippen LogP contribution in [0.25, 0.3) is 0 Å². The molecule has 1 aliphatic carbocycles. The van der Waals surface area contributed by atoms with Gasteiger partial charge in [0.15, 0.2) is 11.5 Å². The Morgan fingerprint density at radius 3 is 2.77 bits per heavy atom. The highest BCUT2D eigenvalue weighted by molar-refractivity contribution is 5.49. The molecule has 3 aliphatic rings. The van der Waals surface area contributed by atoms with Gasteiger partial charge in [-0.05, 0) is 57.5 Å². The first-order valence-corrected chi connectivity index (χ1v) is 7.68. The Balaban J connectivity index is 1.76. The molecule has 2 atom stereocenters. The third-order valence-corrected chi connectivity index (χ3v) is 5.34. The molecular weight excluding hydrogens is 288 g/mol. The summed E-state index contributed by atoms with van der Waals surface area (Å²) in [4.78, 5) is 2.35. The number of allylic oxidation sites excluding steroid dienone is 1. The van der Waals surface area contributed by atoms with E-state index in [4.69, 9.17) is 0 Å². The molecule has 1 aromatic rings. The standard InChI is InChI=1S/C17H19F2NO2/c1-11-5-6-16(7-8-20(2)15(16)9-11)12-3-4-13-14(10-12)22-17(18,19)21-13/h3-4,9-10,15H,5-8H2,1-2H3/t15-,16-/m0/s1. The largest absolute Gasteiger partial charge is 0.586 e. The molecule has 2 aliphatic heterocycles. The fraction of sp³-hybridized carbons (Fsp3) is 0.529. The topological polar surface area (TPSA) is 21.7 Å². The highest BCUT2D eigenvalue weighted by Crippen LogP contribution is 2.50. The van der Waals surface area contributed by atoms with E-state index in [0.717, 1.165) is 31.4 Å². The van der Waals surface area contributed by atoms with Gasteiger partial charge >= 0.3 is 6.29 Å². The molecule has 0 saturated carbocycles. The second-order valence-electron chi connectivity index (χ2n) is 6.67. The SMILES string of the molecule is CC1=C[C@@H]2N(C)CC[C@]2(c2ccc3c(c2)OC(F)(F)O3)CC1. The lowest BCUT2D eigenvalue weighted by Crippen LogP contribution is -2.42. The van der Waals surface area contributed by atoms with Crippen LogP contribution in [0.2, 0.25) is 0 Å². The smallest absolute Gasteiger partial charge is 0.395 e.